The normalized spacial score (nSPS) is 15.3. The van der Waals surface area contributed by atoms with E-state index in [0.717, 1.165) is 22.9 Å². The summed E-state index contributed by atoms with van der Waals surface area (Å²) < 4.78 is 12.0. The van der Waals surface area contributed by atoms with Crippen molar-refractivity contribution in [3.63, 3.8) is 0 Å². The molecule has 1 heterocycles. The number of nitrogens with two attached hydrogens (primary N) is 1. The van der Waals surface area contributed by atoms with Crippen molar-refractivity contribution in [3.05, 3.63) is 61.9 Å². The minimum Gasteiger partial charge on any atom is -0.493 e. The van der Waals surface area contributed by atoms with Crippen LogP contribution in [-0.2, 0) is 11.4 Å². The molecule has 0 unspecified atom stereocenters. The third-order valence-electron chi connectivity index (χ3n) is 3.52. The predicted molar refractivity (Wildman–Crippen MR) is 109 cm³/mol. The number of carbonyl (C=O) groups is 1. The van der Waals surface area contributed by atoms with E-state index in [-0.39, 0.29) is 11.1 Å². The molecule has 2 aromatic carbocycles. The number of amides is 1. The quantitative estimate of drug-likeness (QED) is 0.669. The van der Waals surface area contributed by atoms with Gasteiger partial charge in [0.15, 0.2) is 16.7 Å². The average molecular weight is 454 g/mol. The van der Waals surface area contributed by atoms with Crippen molar-refractivity contribution in [1.29, 1.82) is 0 Å². The van der Waals surface area contributed by atoms with E-state index < -0.39 is 0 Å². The summed E-state index contributed by atoms with van der Waals surface area (Å²) >= 11 is 10.8. The van der Waals surface area contributed by atoms with Crippen LogP contribution < -0.4 is 15.2 Å². The Labute approximate surface area is 168 Å². The maximum absolute atomic E-state index is 11.7. The predicted octanol–water partition coefficient (Wildman–Crippen LogP) is 4.62. The zero-order valence-electron chi connectivity index (χ0n) is 13.7. The molecule has 1 aliphatic heterocycles. The van der Waals surface area contributed by atoms with Gasteiger partial charge in [0.2, 0.25) is 0 Å². The molecule has 0 saturated heterocycles. The van der Waals surface area contributed by atoms with Crippen molar-refractivity contribution < 1.29 is 14.3 Å². The molecule has 8 heteroatoms. The number of thioether (sulfide) groups is 1. The number of nitrogens with zero attached hydrogens (tertiary/aromatic N) is 1. The highest BCUT2D eigenvalue weighted by Gasteiger charge is 2.20. The first-order valence-electron chi connectivity index (χ1n) is 7.49. The van der Waals surface area contributed by atoms with Gasteiger partial charge in [0.25, 0.3) is 5.91 Å². The number of halogens is 2. The summed E-state index contributed by atoms with van der Waals surface area (Å²) in [6.07, 6.45) is 1.71. The number of amidine groups is 1. The van der Waals surface area contributed by atoms with Gasteiger partial charge in [-0.3, -0.25) is 4.79 Å². The number of methoxy groups -OCH3 is 1. The number of hydrogen-bond donors (Lipinski definition) is 1. The van der Waals surface area contributed by atoms with Crippen LogP contribution >= 0.6 is 39.3 Å². The lowest BCUT2D eigenvalue weighted by molar-refractivity contribution is -0.113. The van der Waals surface area contributed by atoms with Gasteiger partial charge in [-0.2, -0.15) is 4.99 Å². The third-order valence-corrected chi connectivity index (χ3v) is 5.29. The van der Waals surface area contributed by atoms with E-state index >= 15 is 0 Å². The Hall–Kier alpha value is -1.96. The number of rotatable bonds is 5. The molecule has 0 aromatic heterocycles. The van der Waals surface area contributed by atoms with Gasteiger partial charge in [-0.05, 0) is 57.5 Å². The summed E-state index contributed by atoms with van der Waals surface area (Å²) in [5, 5.41) is 0.880. The van der Waals surface area contributed by atoms with E-state index in [0.29, 0.717) is 32.5 Å². The van der Waals surface area contributed by atoms with Crippen molar-refractivity contribution in [2.45, 2.75) is 6.61 Å². The van der Waals surface area contributed by atoms with Crippen LogP contribution in [0.5, 0.6) is 11.5 Å². The maximum atomic E-state index is 11.7. The highest BCUT2D eigenvalue weighted by molar-refractivity contribution is 9.10. The highest BCUT2D eigenvalue weighted by atomic mass is 79.9. The molecule has 1 amide bonds. The number of ether oxygens (including phenoxy) is 2. The van der Waals surface area contributed by atoms with Crippen LogP contribution in [0, 0.1) is 0 Å². The number of aliphatic imine (C=N–C) groups is 1. The van der Waals surface area contributed by atoms with Crippen molar-refractivity contribution in [2.24, 2.45) is 10.7 Å². The average Bonchev–Trinajstić information content (AvgIpc) is 2.92. The topological polar surface area (TPSA) is 73.9 Å². The summed E-state index contributed by atoms with van der Waals surface area (Å²) in [4.78, 5) is 15.9. The molecule has 0 atom stereocenters. The van der Waals surface area contributed by atoms with E-state index in [1.807, 2.05) is 30.3 Å². The van der Waals surface area contributed by atoms with Gasteiger partial charge < -0.3 is 15.2 Å². The zero-order valence-corrected chi connectivity index (χ0v) is 16.8. The third kappa shape index (κ3) is 4.23. The number of carbonyl (C=O) groups excluding carboxylic acids is 1. The Bertz CT molecular complexity index is 931. The fourth-order valence-corrected chi connectivity index (χ4v) is 3.75. The zero-order chi connectivity index (χ0) is 18.7. The van der Waals surface area contributed by atoms with E-state index in [1.54, 1.807) is 19.3 Å². The maximum Gasteiger partial charge on any atom is 0.286 e. The standard InChI is InChI=1S/C18H14BrClN2O3S/c1-24-14-7-10(8-15-17(23)22-18(21)26-15)6-12(19)16(14)25-9-11-4-2-3-5-13(11)20/h2-8H,9H2,1H3,(H2,21,22,23)/b15-8+. The molecule has 0 radical (unpaired) electrons. The molecule has 0 aliphatic carbocycles. The van der Waals surface area contributed by atoms with Crippen LogP contribution in [0.3, 0.4) is 0 Å². The van der Waals surface area contributed by atoms with Crippen LogP contribution in [0.2, 0.25) is 5.02 Å². The second-order valence-corrected chi connectivity index (χ2v) is 7.60. The minimum atomic E-state index is -0.346. The first kappa shape index (κ1) is 18.8. The lowest BCUT2D eigenvalue weighted by Gasteiger charge is -2.14. The molecule has 26 heavy (non-hydrogen) atoms. The Morgan fingerprint density at radius 2 is 2.12 bits per heavy atom. The Morgan fingerprint density at radius 1 is 1.35 bits per heavy atom. The summed E-state index contributed by atoms with van der Waals surface area (Å²) in [6.45, 7) is 0.299. The monoisotopic (exact) mass is 452 g/mol. The fraction of sp³-hybridized carbons (Fsp3) is 0.111. The second kappa shape index (κ2) is 8.16. The number of benzene rings is 2. The van der Waals surface area contributed by atoms with Crippen molar-refractivity contribution in [1.82, 2.24) is 0 Å². The van der Waals surface area contributed by atoms with Crippen LogP contribution in [0.15, 0.2) is 50.8 Å². The molecule has 2 N–H and O–H groups in total. The molecule has 3 rings (SSSR count). The van der Waals surface area contributed by atoms with Crippen LogP contribution in [0.4, 0.5) is 0 Å². The fourth-order valence-electron chi connectivity index (χ4n) is 2.31. The molecular formula is C18H14BrClN2O3S. The van der Waals surface area contributed by atoms with Gasteiger partial charge >= 0.3 is 0 Å². The lowest BCUT2D eigenvalue weighted by Crippen LogP contribution is -2.01. The van der Waals surface area contributed by atoms with Crippen LogP contribution in [0.1, 0.15) is 11.1 Å². The van der Waals surface area contributed by atoms with Crippen LogP contribution in [-0.4, -0.2) is 18.2 Å². The second-order valence-electron chi connectivity index (χ2n) is 5.28. The van der Waals surface area contributed by atoms with Gasteiger partial charge in [0, 0.05) is 10.6 Å². The van der Waals surface area contributed by atoms with E-state index in [9.17, 15) is 4.79 Å². The SMILES string of the molecule is COc1cc(/C=C2/SC(N)=NC2=O)cc(Br)c1OCc1ccccc1Cl. The van der Waals surface area contributed by atoms with Crippen LogP contribution in [0.25, 0.3) is 6.08 Å². The molecular weight excluding hydrogens is 440 g/mol. The van der Waals surface area contributed by atoms with Gasteiger partial charge in [0.05, 0.1) is 16.5 Å². The minimum absolute atomic E-state index is 0.243. The van der Waals surface area contributed by atoms with E-state index in [1.165, 1.54) is 0 Å². The molecule has 1 aliphatic rings. The van der Waals surface area contributed by atoms with Crippen molar-refractivity contribution >= 4 is 56.4 Å². The highest BCUT2D eigenvalue weighted by Crippen LogP contribution is 2.39. The summed E-state index contributed by atoms with van der Waals surface area (Å²) in [7, 11) is 1.55. The summed E-state index contributed by atoms with van der Waals surface area (Å²) in [5.74, 6) is 0.736. The molecule has 0 saturated carbocycles. The molecule has 5 nitrogen and oxygen atoms in total. The van der Waals surface area contributed by atoms with Gasteiger partial charge in [-0.25, -0.2) is 0 Å². The Morgan fingerprint density at radius 3 is 2.77 bits per heavy atom. The Balaban J connectivity index is 1.85. The Kier molecular flexibility index (Phi) is 5.90. The molecule has 0 spiro atoms. The largest absolute Gasteiger partial charge is 0.493 e. The first-order valence-corrected chi connectivity index (χ1v) is 9.48. The number of hydrogen-bond acceptors (Lipinski definition) is 5. The summed E-state index contributed by atoms with van der Waals surface area (Å²) in [6, 6.07) is 11.1. The lowest BCUT2D eigenvalue weighted by atomic mass is 10.2. The van der Waals surface area contributed by atoms with Gasteiger partial charge in [0.1, 0.15) is 6.61 Å². The van der Waals surface area contributed by atoms with Crippen molar-refractivity contribution in [3.8, 4) is 11.5 Å². The molecule has 134 valence electrons. The molecule has 0 bridgehead atoms. The van der Waals surface area contributed by atoms with E-state index in [2.05, 4.69) is 20.9 Å². The van der Waals surface area contributed by atoms with Crippen molar-refractivity contribution in [2.75, 3.05) is 7.11 Å². The molecule has 2 aromatic rings. The van der Waals surface area contributed by atoms with Gasteiger partial charge in [-0.15, -0.1) is 0 Å². The smallest absolute Gasteiger partial charge is 0.286 e. The first-order chi connectivity index (χ1) is 12.5. The van der Waals surface area contributed by atoms with Gasteiger partial charge in [-0.1, -0.05) is 29.8 Å². The van der Waals surface area contributed by atoms with E-state index in [4.69, 9.17) is 26.8 Å². The summed E-state index contributed by atoms with van der Waals surface area (Å²) in [5.41, 5.74) is 7.21. The molecule has 0 fully saturated rings.